The third-order valence-electron chi connectivity index (χ3n) is 4.52. The summed E-state index contributed by atoms with van der Waals surface area (Å²) in [6.07, 6.45) is -0.771. The molecule has 5 N–H and O–H groups in total. The van der Waals surface area contributed by atoms with Crippen molar-refractivity contribution >= 4 is 46.7 Å². The summed E-state index contributed by atoms with van der Waals surface area (Å²) in [7, 11) is 0. The number of aromatic nitrogens is 2. The molecule has 3 rings (SSSR count). The number of hydrogen-bond donors (Lipinski definition) is 5. The fourth-order valence-electron chi connectivity index (χ4n) is 3.10. The van der Waals surface area contributed by atoms with Gasteiger partial charge in [-0.15, -0.1) is 0 Å². The van der Waals surface area contributed by atoms with Gasteiger partial charge in [-0.1, -0.05) is 30.0 Å². The van der Waals surface area contributed by atoms with Crippen LogP contribution in [0.2, 0.25) is 0 Å². The molecule has 1 aromatic heterocycles. The molecule has 2 atom stereocenters. The molecule has 0 aliphatic heterocycles. The van der Waals surface area contributed by atoms with E-state index in [9.17, 15) is 34.5 Å². The van der Waals surface area contributed by atoms with E-state index in [1.807, 2.05) is 0 Å². The summed E-state index contributed by atoms with van der Waals surface area (Å²) in [6.45, 7) is 0. The summed E-state index contributed by atoms with van der Waals surface area (Å²) in [5.74, 6) is -7.13. The Hall–Kier alpha value is -3.86. The van der Waals surface area contributed by atoms with E-state index in [1.165, 1.54) is 6.07 Å². The molecule has 0 fully saturated rings. The van der Waals surface area contributed by atoms with Gasteiger partial charge < -0.3 is 25.4 Å². The highest BCUT2D eigenvalue weighted by atomic mass is 32.2. The summed E-state index contributed by atoms with van der Waals surface area (Å²) in [6, 6.07) is 10.3. The zero-order chi connectivity index (χ0) is 22.7. The van der Waals surface area contributed by atoms with E-state index >= 15 is 0 Å². The topological polar surface area (TPSA) is 178 Å². The molecule has 0 aliphatic rings. The van der Waals surface area contributed by atoms with E-state index in [2.05, 4.69) is 9.97 Å². The van der Waals surface area contributed by atoms with Crippen LogP contribution in [0.1, 0.15) is 38.0 Å². The maximum Gasteiger partial charge on any atom is 0.336 e. The number of nitrogens with zero attached hydrogens (tertiary/aromatic N) is 1. The zero-order valence-corrected chi connectivity index (χ0v) is 16.5. The van der Waals surface area contributed by atoms with Crippen LogP contribution in [0.3, 0.4) is 0 Å². The molecule has 1 heterocycles. The first-order chi connectivity index (χ1) is 14.7. The van der Waals surface area contributed by atoms with Crippen LogP contribution in [0.5, 0.6) is 0 Å². The number of aromatic amines is 1. The number of aliphatic carboxylic acids is 2. The monoisotopic (exact) mass is 444 g/mol. The van der Waals surface area contributed by atoms with Crippen LogP contribution in [0, 0.1) is 5.92 Å². The van der Waals surface area contributed by atoms with Crippen LogP contribution in [-0.4, -0.2) is 54.3 Å². The minimum Gasteiger partial charge on any atom is -0.481 e. The van der Waals surface area contributed by atoms with Crippen LogP contribution in [-0.2, 0) is 9.59 Å². The summed E-state index contributed by atoms with van der Waals surface area (Å²) < 4.78 is 0. The summed E-state index contributed by atoms with van der Waals surface area (Å²) in [5.41, 5.74) is 0.516. The van der Waals surface area contributed by atoms with E-state index in [0.717, 1.165) is 23.9 Å². The minimum atomic E-state index is -1.51. The Morgan fingerprint density at radius 3 is 2.26 bits per heavy atom. The van der Waals surface area contributed by atoms with E-state index in [-0.39, 0.29) is 16.3 Å². The van der Waals surface area contributed by atoms with Gasteiger partial charge >= 0.3 is 23.9 Å². The lowest BCUT2D eigenvalue weighted by molar-refractivity contribution is -0.148. The summed E-state index contributed by atoms with van der Waals surface area (Å²) >= 11 is 0.870. The van der Waals surface area contributed by atoms with E-state index in [4.69, 9.17) is 5.11 Å². The molecule has 0 spiro atoms. The molecule has 0 aliphatic carbocycles. The van der Waals surface area contributed by atoms with Gasteiger partial charge in [-0.05, 0) is 29.8 Å². The number of nitrogens with one attached hydrogen (secondary N) is 1. The molecule has 0 saturated carbocycles. The quantitative estimate of drug-likeness (QED) is 0.308. The number of imidazole rings is 1. The number of carboxylic acids is 4. The first-order valence-electron chi connectivity index (χ1n) is 8.84. The Balaban J connectivity index is 2.15. The molecular formula is C20H16N2O8S. The minimum absolute atomic E-state index is 0.0170. The summed E-state index contributed by atoms with van der Waals surface area (Å²) in [5, 5.41) is 36.8. The van der Waals surface area contributed by atoms with Gasteiger partial charge in [-0.3, -0.25) is 9.59 Å². The van der Waals surface area contributed by atoms with Crippen LogP contribution in [0.15, 0.2) is 47.6 Å². The lowest BCUT2D eigenvalue weighted by atomic mass is 9.91. The standard InChI is InChI=1S/C20H16N2O8S/c23-15(24)8-12(19(29)30)16(31-20-21-13-3-1-2-4-14(13)22-20)10-6-5-9(17(25)26)7-11(10)18(27)28/h1-7,12,16H,8H2,(H,21,22)(H,23,24)(H,25,26)(H,27,28)(H,29,30). The number of fused-ring (bicyclic) bond motifs is 1. The highest BCUT2D eigenvalue weighted by Crippen LogP contribution is 2.43. The van der Waals surface area contributed by atoms with Crippen molar-refractivity contribution in [3.8, 4) is 0 Å². The molecule has 0 amide bonds. The maximum atomic E-state index is 11.9. The van der Waals surface area contributed by atoms with Gasteiger partial charge in [0.25, 0.3) is 0 Å². The average Bonchev–Trinajstić information content (AvgIpc) is 3.12. The Bertz CT molecular complexity index is 1160. The molecule has 2 aromatic carbocycles. The number of para-hydroxylation sites is 2. The number of rotatable bonds is 9. The second kappa shape index (κ2) is 8.88. The predicted molar refractivity (Wildman–Crippen MR) is 108 cm³/mol. The number of aromatic carboxylic acids is 2. The maximum absolute atomic E-state index is 11.9. The van der Waals surface area contributed by atoms with Crippen LogP contribution >= 0.6 is 11.8 Å². The third kappa shape index (κ3) is 4.83. The second-order valence-electron chi connectivity index (χ2n) is 6.55. The van der Waals surface area contributed by atoms with Crippen molar-refractivity contribution in [3.05, 3.63) is 59.2 Å². The Kier molecular flexibility index (Phi) is 6.25. The van der Waals surface area contributed by atoms with E-state index in [0.29, 0.717) is 11.0 Å². The molecule has 160 valence electrons. The predicted octanol–water partition coefficient (Wildman–Crippen LogP) is 2.97. The third-order valence-corrected chi connectivity index (χ3v) is 5.77. The van der Waals surface area contributed by atoms with E-state index in [1.54, 1.807) is 24.3 Å². The molecule has 0 radical (unpaired) electrons. The Labute approximate surface area is 178 Å². The largest absolute Gasteiger partial charge is 0.481 e. The van der Waals surface area contributed by atoms with Gasteiger partial charge in [0.05, 0.1) is 39.7 Å². The van der Waals surface area contributed by atoms with Crippen molar-refractivity contribution in [1.82, 2.24) is 9.97 Å². The van der Waals surface area contributed by atoms with Crippen LogP contribution < -0.4 is 0 Å². The van der Waals surface area contributed by atoms with Gasteiger partial charge in [0.1, 0.15) is 0 Å². The van der Waals surface area contributed by atoms with Crippen molar-refractivity contribution in [2.75, 3.05) is 0 Å². The number of benzene rings is 2. The van der Waals surface area contributed by atoms with Crippen molar-refractivity contribution in [2.24, 2.45) is 5.92 Å². The molecule has 2 unspecified atom stereocenters. The second-order valence-corrected chi connectivity index (χ2v) is 7.68. The molecule has 10 nitrogen and oxygen atoms in total. The van der Waals surface area contributed by atoms with Gasteiger partial charge in [-0.25, -0.2) is 14.6 Å². The highest BCUT2D eigenvalue weighted by Gasteiger charge is 2.36. The molecule has 11 heteroatoms. The first-order valence-corrected chi connectivity index (χ1v) is 9.72. The first kappa shape index (κ1) is 21.8. The Morgan fingerprint density at radius 1 is 0.968 bits per heavy atom. The number of H-pyrrole nitrogens is 1. The lowest BCUT2D eigenvalue weighted by Gasteiger charge is -2.23. The van der Waals surface area contributed by atoms with Crippen LogP contribution in [0.25, 0.3) is 11.0 Å². The van der Waals surface area contributed by atoms with E-state index < -0.39 is 47.0 Å². The highest BCUT2D eigenvalue weighted by molar-refractivity contribution is 7.99. The SMILES string of the molecule is O=C(O)CC(C(=O)O)C(Sc1nc2ccccc2[nH]1)c1ccc(C(=O)O)cc1C(=O)O. The Morgan fingerprint density at radius 2 is 1.68 bits per heavy atom. The summed E-state index contributed by atoms with van der Waals surface area (Å²) in [4.78, 5) is 53.6. The number of hydrogen-bond acceptors (Lipinski definition) is 6. The number of carboxylic acid groups (broad SMARTS) is 4. The van der Waals surface area contributed by atoms with Crippen molar-refractivity contribution in [3.63, 3.8) is 0 Å². The van der Waals surface area contributed by atoms with Gasteiger partial charge in [0, 0.05) is 0 Å². The number of thioether (sulfide) groups is 1. The molecular weight excluding hydrogens is 428 g/mol. The fourth-order valence-corrected chi connectivity index (χ4v) is 4.37. The van der Waals surface area contributed by atoms with Gasteiger partial charge in [0.2, 0.25) is 0 Å². The molecule has 31 heavy (non-hydrogen) atoms. The van der Waals surface area contributed by atoms with Gasteiger partial charge in [0.15, 0.2) is 5.16 Å². The number of carbonyl (C=O) groups is 4. The van der Waals surface area contributed by atoms with Gasteiger partial charge in [-0.2, -0.15) is 0 Å². The van der Waals surface area contributed by atoms with Crippen molar-refractivity contribution in [2.45, 2.75) is 16.8 Å². The van der Waals surface area contributed by atoms with Crippen molar-refractivity contribution < 1.29 is 39.6 Å². The normalized spacial score (nSPS) is 12.9. The van der Waals surface area contributed by atoms with Crippen LogP contribution in [0.4, 0.5) is 0 Å². The molecule has 0 bridgehead atoms. The fraction of sp³-hybridized carbons (Fsp3) is 0.150. The molecule has 0 saturated heterocycles. The average molecular weight is 444 g/mol. The van der Waals surface area contributed by atoms with Crippen molar-refractivity contribution in [1.29, 1.82) is 0 Å². The zero-order valence-electron chi connectivity index (χ0n) is 15.7. The smallest absolute Gasteiger partial charge is 0.336 e. The molecule has 3 aromatic rings. The lowest BCUT2D eigenvalue weighted by Crippen LogP contribution is -2.25.